The molecule has 0 bridgehead atoms. The van der Waals surface area contributed by atoms with E-state index in [4.69, 9.17) is 14.5 Å². The number of likely N-dealkylation sites (tertiary alicyclic amines) is 1. The molecule has 2 aromatic rings. The Balaban J connectivity index is 1.60. The number of rotatable bonds is 8. The number of benzene rings is 2. The number of hydrogen-bond acceptors (Lipinski definition) is 4. The zero-order valence-electron chi connectivity index (χ0n) is 18.2. The molecule has 6 heteroatoms. The Labute approximate surface area is 179 Å². The molecule has 0 spiro atoms. The maximum atomic E-state index is 9.39. The van der Waals surface area contributed by atoms with Gasteiger partial charge in [0.1, 0.15) is 17.2 Å². The van der Waals surface area contributed by atoms with Crippen LogP contribution < -0.4 is 14.8 Å². The smallest absolute Gasteiger partial charge is 0.193 e. The molecule has 2 aromatic carbocycles. The first kappa shape index (κ1) is 21.8. The summed E-state index contributed by atoms with van der Waals surface area (Å²) in [5.74, 6) is 3.38. The van der Waals surface area contributed by atoms with E-state index in [0.717, 1.165) is 62.9 Å². The standard InChI is InChI=1S/C24H33N3O3/c1-4-25-24(26-12-5-6-18-7-9-21(28)10-8-18)27-13-11-19(17-27)20-14-22(29-2)16-23(15-20)30-3/h7-10,14-16,19,28H,4-6,11-13,17H2,1-3H3,(H,25,26). The average Bonchev–Trinajstić information content (AvgIpc) is 3.27. The van der Waals surface area contributed by atoms with Gasteiger partial charge in [0.05, 0.1) is 14.2 Å². The number of nitrogens with zero attached hydrogens (tertiary/aromatic N) is 2. The molecule has 1 aliphatic rings. The second kappa shape index (κ2) is 10.8. The Morgan fingerprint density at radius 2 is 1.83 bits per heavy atom. The zero-order chi connectivity index (χ0) is 21.3. The van der Waals surface area contributed by atoms with Gasteiger partial charge in [0.2, 0.25) is 0 Å². The summed E-state index contributed by atoms with van der Waals surface area (Å²) < 4.78 is 10.9. The van der Waals surface area contributed by atoms with Crippen molar-refractivity contribution in [2.75, 3.05) is 40.4 Å². The number of nitrogens with one attached hydrogen (secondary N) is 1. The highest BCUT2D eigenvalue weighted by Gasteiger charge is 2.26. The molecule has 1 aliphatic heterocycles. The van der Waals surface area contributed by atoms with Gasteiger partial charge in [0.25, 0.3) is 0 Å². The Bertz CT molecular complexity index is 814. The molecular weight excluding hydrogens is 378 g/mol. The molecule has 2 N–H and O–H groups in total. The molecule has 0 aliphatic carbocycles. The van der Waals surface area contributed by atoms with E-state index >= 15 is 0 Å². The van der Waals surface area contributed by atoms with Gasteiger partial charge in [-0.1, -0.05) is 12.1 Å². The van der Waals surface area contributed by atoms with E-state index in [0.29, 0.717) is 11.7 Å². The third-order valence-corrected chi connectivity index (χ3v) is 5.49. The molecule has 162 valence electrons. The molecule has 6 nitrogen and oxygen atoms in total. The average molecular weight is 412 g/mol. The monoisotopic (exact) mass is 411 g/mol. The lowest BCUT2D eigenvalue weighted by Crippen LogP contribution is -2.40. The number of phenolic OH excluding ortho intramolecular Hbond substituents is 1. The Morgan fingerprint density at radius 3 is 2.47 bits per heavy atom. The Kier molecular flexibility index (Phi) is 7.82. The molecule has 0 radical (unpaired) electrons. The van der Waals surface area contributed by atoms with Gasteiger partial charge in [-0.05, 0) is 61.6 Å². The van der Waals surface area contributed by atoms with Crippen molar-refractivity contribution in [3.63, 3.8) is 0 Å². The highest BCUT2D eigenvalue weighted by atomic mass is 16.5. The molecular formula is C24H33N3O3. The normalized spacial score (nSPS) is 16.6. The largest absolute Gasteiger partial charge is 0.508 e. The number of aliphatic imine (C=N–C) groups is 1. The number of phenols is 1. The maximum absolute atomic E-state index is 9.39. The van der Waals surface area contributed by atoms with Crippen molar-refractivity contribution < 1.29 is 14.6 Å². The minimum atomic E-state index is 0.309. The van der Waals surface area contributed by atoms with Crippen LogP contribution in [0, 0.1) is 0 Å². The number of aromatic hydroxyl groups is 1. The number of guanidine groups is 1. The van der Waals surface area contributed by atoms with Crippen LogP contribution in [0.2, 0.25) is 0 Å². The van der Waals surface area contributed by atoms with Gasteiger partial charge in [-0.3, -0.25) is 4.99 Å². The summed E-state index contributed by atoms with van der Waals surface area (Å²) in [5, 5.41) is 12.8. The van der Waals surface area contributed by atoms with Crippen LogP contribution in [0.3, 0.4) is 0 Å². The van der Waals surface area contributed by atoms with Crippen LogP contribution in [0.1, 0.15) is 36.8 Å². The van der Waals surface area contributed by atoms with E-state index < -0.39 is 0 Å². The number of aryl methyl sites for hydroxylation is 1. The van der Waals surface area contributed by atoms with Crippen LogP contribution >= 0.6 is 0 Å². The Hall–Kier alpha value is -2.89. The molecule has 1 fully saturated rings. The minimum absolute atomic E-state index is 0.309. The fourth-order valence-electron chi connectivity index (χ4n) is 3.85. The second-order valence-corrected chi connectivity index (χ2v) is 7.58. The van der Waals surface area contributed by atoms with Crippen molar-refractivity contribution in [3.8, 4) is 17.2 Å². The van der Waals surface area contributed by atoms with E-state index in [2.05, 4.69) is 29.3 Å². The first-order chi connectivity index (χ1) is 14.6. The molecule has 3 rings (SSSR count). The van der Waals surface area contributed by atoms with Crippen LogP contribution in [0.15, 0.2) is 47.5 Å². The molecule has 30 heavy (non-hydrogen) atoms. The summed E-state index contributed by atoms with van der Waals surface area (Å²) in [4.78, 5) is 7.20. The zero-order valence-corrected chi connectivity index (χ0v) is 18.2. The van der Waals surface area contributed by atoms with Gasteiger partial charge in [-0.15, -0.1) is 0 Å². The predicted octanol–water partition coefficient (Wildman–Crippen LogP) is 3.80. The van der Waals surface area contributed by atoms with Crippen LogP contribution in [0.5, 0.6) is 17.2 Å². The van der Waals surface area contributed by atoms with Gasteiger partial charge in [-0.2, -0.15) is 0 Å². The third-order valence-electron chi connectivity index (χ3n) is 5.49. The van der Waals surface area contributed by atoms with Crippen molar-refractivity contribution >= 4 is 5.96 Å². The molecule has 0 amide bonds. The molecule has 1 atom stereocenters. The fraction of sp³-hybridized carbons (Fsp3) is 0.458. The topological polar surface area (TPSA) is 66.3 Å². The molecule has 1 heterocycles. The van der Waals surface area contributed by atoms with Gasteiger partial charge in [0.15, 0.2) is 5.96 Å². The van der Waals surface area contributed by atoms with Crippen molar-refractivity contribution in [2.45, 2.75) is 32.1 Å². The third kappa shape index (κ3) is 5.81. The summed E-state index contributed by atoms with van der Waals surface area (Å²) in [5.41, 5.74) is 2.47. The SMILES string of the molecule is CCNC(=NCCCc1ccc(O)cc1)N1CCC(c2cc(OC)cc(OC)c2)C1. The van der Waals surface area contributed by atoms with E-state index in [1.807, 2.05) is 18.2 Å². The van der Waals surface area contributed by atoms with Gasteiger partial charge < -0.3 is 24.8 Å². The highest BCUT2D eigenvalue weighted by molar-refractivity contribution is 5.80. The number of hydrogen-bond donors (Lipinski definition) is 2. The molecule has 0 aromatic heterocycles. The fourth-order valence-corrected chi connectivity index (χ4v) is 3.85. The molecule has 1 saturated heterocycles. The summed E-state index contributed by atoms with van der Waals surface area (Å²) >= 11 is 0. The predicted molar refractivity (Wildman–Crippen MR) is 121 cm³/mol. The lowest BCUT2D eigenvalue weighted by molar-refractivity contribution is 0.392. The van der Waals surface area contributed by atoms with E-state index in [1.165, 1.54) is 11.1 Å². The van der Waals surface area contributed by atoms with Gasteiger partial charge in [-0.25, -0.2) is 0 Å². The lowest BCUT2D eigenvalue weighted by Gasteiger charge is -2.22. The first-order valence-electron chi connectivity index (χ1n) is 10.7. The lowest BCUT2D eigenvalue weighted by atomic mass is 9.98. The van der Waals surface area contributed by atoms with Crippen molar-refractivity contribution in [1.29, 1.82) is 0 Å². The van der Waals surface area contributed by atoms with E-state index in [-0.39, 0.29) is 0 Å². The van der Waals surface area contributed by atoms with Gasteiger partial charge >= 0.3 is 0 Å². The van der Waals surface area contributed by atoms with Crippen LogP contribution in [-0.2, 0) is 6.42 Å². The van der Waals surface area contributed by atoms with Crippen molar-refractivity contribution in [1.82, 2.24) is 10.2 Å². The summed E-state index contributed by atoms with van der Waals surface area (Å²) in [6, 6.07) is 13.5. The van der Waals surface area contributed by atoms with Crippen LogP contribution in [0.25, 0.3) is 0 Å². The van der Waals surface area contributed by atoms with Crippen molar-refractivity contribution in [3.05, 3.63) is 53.6 Å². The van der Waals surface area contributed by atoms with Crippen LogP contribution in [0.4, 0.5) is 0 Å². The molecule has 1 unspecified atom stereocenters. The van der Waals surface area contributed by atoms with Crippen LogP contribution in [-0.4, -0.2) is 56.4 Å². The Morgan fingerprint density at radius 1 is 1.13 bits per heavy atom. The summed E-state index contributed by atoms with van der Waals surface area (Å²) in [6.07, 6.45) is 3.01. The number of ether oxygens (including phenoxy) is 2. The second-order valence-electron chi connectivity index (χ2n) is 7.58. The van der Waals surface area contributed by atoms with Crippen molar-refractivity contribution in [2.24, 2.45) is 4.99 Å². The first-order valence-corrected chi connectivity index (χ1v) is 10.7. The summed E-state index contributed by atoms with van der Waals surface area (Å²) in [6.45, 7) is 5.64. The summed E-state index contributed by atoms with van der Waals surface area (Å²) in [7, 11) is 3.38. The van der Waals surface area contributed by atoms with Gasteiger partial charge in [0, 0.05) is 38.2 Å². The minimum Gasteiger partial charge on any atom is -0.508 e. The highest BCUT2D eigenvalue weighted by Crippen LogP contribution is 2.32. The maximum Gasteiger partial charge on any atom is 0.193 e. The molecule has 0 saturated carbocycles. The van der Waals surface area contributed by atoms with E-state index in [1.54, 1.807) is 26.4 Å². The quantitative estimate of drug-likeness (QED) is 0.393. The van der Waals surface area contributed by atoms with E-state index in [9.17, 15) is 5.11 Å². The number of methoxy groups -OCH3 is 2.